The van der Waals surface area contributed by atoms with Crippen molar-refractivity contribution in [3.05, 3.63) is 75.5 Å². The van der Waals surface area contributed by atoms with E-state index >= 15 is 0 Å². The molecular formula is C22H22Cl2N4. The minimum absolute atomic E-state index is 0.232. The molecule has 6 heteroatoms. The first kappa shape index (κ1) is 19.0. The van der Waals surface area contributed by atoms with Gasteiger partial charge in [-0.1, -0.05) is 49.2 Å². The summed E-state index contributed by atoms with van der Waals surface area (Å²) < 4.78 is 0. The number of hydrogen-bond acceptors (Lipinski definition) is 4. The van der Waals surface area contributed by atoms with Crippen LogP contribution in [0.4, 0.5) is 17.3 Å². The van der Waals surface area contributed by atoms with Crippen LogP contribution in [0.2, 0.25) is 10.0 Å². The molecule has 1 aromatic heterocycles. The summed E-state index contributed by atoms with van der Waals surface area (Å²) in [6.45, 7) is 5.93. The summed E-state index contributed by atoms with van der Waals surface area (Å²) in [6.07, 6.45) is 0.952. The SMILES string of the molecule is CC(C)c1nc(Nc2cccc(Cl)c2)cc(N2CCc3cc(Cl)ccc3C2)n1. The van der Waals surface area contributed by atoms with Gasteiger partial charge in [0.25, 0.3) is 0 Å². The molecule has 2 heterocycles. The van der Waals surface area contributed by atoms with E-state index in [0.29, 0.717) is 5.02 Å². The van der Waals surface area contributed by atoms with E-state index in [-0.39, 0.29) is 5.92 Å². The van der Waals surface area contributed by atoms with Crippen molar-refractivity contribution in [1.82, 2.24) is 9.97 Å². The Bertz CT molecular complexity index is 1000. The Morgan fingerprint density at radius 3 is 2.57 bits per heavy atom. The van der Waals surface area contributed by atoms with E-state index in [1.807, 2.05) is 36.4 Å². The standard InChI is InChI=1S/C22H22Cl2N4/c1-14(2)22-26-20(25-19-5-3-4-17(23)11-19)12-21(27-22)28-9-8-15-10-18(24)7-6-16(15)13-28/h3-7,10-12,14H,8-9,13H2,1-2H3,(H,25,26,27). The lowest BCUT2D eigenvalue weighted by atomic mass is 10.00. The van der Waals surface area contributed by atoms with Gasteiger partial charge in [0.05, 0.1) is 0 Å². The number of aromatic nitrogens is 2. The van der Waals surface area contributed by atoms with Gasteiger partial charge in [0.15, 0.2) is 0 Å². The third-order valence-corrected chi connectivity index (χ3v) is 5.32. The number of nitrogens with one attached hydrogen (secondary N) is 1. The Labute approximate surface area is 175 Å². The first-order valence-electron chi connectivity index (χ1n) is 9.42. The summed E-state index contributed by atoms with van der Waals surface area (Å²) in [5, 5.41) is 4.85. The van der Waals surface area contributed by atoms with Gasteiger partial charge in [-0.3, -0.25) is 0 Å². The first-order valence-corrected chi connectivity index (χ1v) is 10.2. The van der Waals surface area contributed by atoms with Crippen molar-refractivity contribution < 1.29 is 0 Å². The summed E-state index contributed by atoms with van der Waals surface area (Å²) in [7, 11) is 0. The van der Waals surface area contributed by atoms with E-state index in [0.717, 1.165) is 47.7 Å². The van der Waals surface area contributed by atoms with Gasteiger partial charge in [-0.25, -0.2) is 9.97 Å². The van der Waals surface area contributed by atoms with Crippen LogP contribution in [0.3, 0.4) is 0 Å². The Kier molecular flexibility index (Phi) is 5.42. The van der Waals surface area contributed by atoms with Crippen LogP contribution < -0.4 is 10.2 Å². The fourth-order valence-corrected chi connectivity index (χ4v) is 3.75. The van der Waals surface area contributed by atoms with Crippen molar-refractivity contribution in [3.63, 3.8) is 0 Å². The average Bonchev–Trinajstić information content (AvgIpc) is 2.67. The van der Waals surface area contributed by atoms with E-state index in [4.69, 9.17) is 33.2 Å². The Hall–Kier alpha value is -2.30. The molecule has 28 heavy (non-hydrogen) atoms. The molecule has 0 spiro atoms. The normalized spacial score (nSPS) is 13.5. The predicted molar refractivity (Wildman–Crippen MR) is 117 cm³/mol. The topological polar surface area (TPSA) is 41.1 Å². The zero-order valence-electron chi connectivity index (χ0n) is 15.9. The summed E-state index contributed by atoms with van der Waals surface area (Å²) >= 11 is 12.3. The van der Waals surface area contributed by atoms with Crippen molar-refractivity contribution in [2.75, 3.05) is 16.8 Å². The number of halogens is 2. The molecular weight excluding hydrogens is 391 g/mol. The number of hydrogen-bond donors (Lipinski definition) is 1. The Morgan fingerprint density at radius 2 is 1.79 bits per heavy atom. The average molecular weight is 413 g/mol. The third kappa shape index (κ3) is 4.23. The van der Waals surface area contributed by atoms with Crippen LogP contribution in [-0.4, -0.2) is 16.5 Å². The highest BCUT2D eigenvalue weighted by Gasteiger charge is 2.20. The van der Waals surface area contributed by atoms with Gasteiger partial charge in [-0.2, -0.15) is 0 Å². The fraction of sp³-hybridized carbons (Fsp3) is 0.273. The molecule has 4 rings (SSSR count). The number of rotatable bonds is 4. The second kappa shape index (κ2) is 7.98. The van der Waals surface area contributed by atoms with Crippen LogP contribution >= 0.6 is 23.2 Å². The van der Waals surface area contributed by atoms with Crippen LogP contribution in [0.25, 0.3) is 0 Å². The van der Waals surface area contributed by atoms with Crippen LogP contribution in [0.1, 0.15) is 36.7 Å². The minimum atomic E-state index is 0.232. The lowest BCUT2D eigenvalue weighted by Gasteiger charge is -2.30. The molecule has 0 amide bonds. The third-order valence-electron chi connectivity index (χ3n) is 4.85. The molecule has 0 atom stereocenters. The second-order valence-electron chi connectivity index (χ2n) is 7.34. The highest BCUT2D eigenvalue weighted by molar-refractivity contribution is 6.31. The van der Waals surface area contributed by atoms with E-state index in [1.54, 1.807) is 0 Å². The van der Waals surface area contributed by atoms with E-state index in [1.165, 1.54) is 11.1 Å². The number of benzene rings is 2. The van der Waals surface area contributed by atoms with Gasteiger partial charge in [0, 0.05) is 40.8 Å². The van der Waals surface area contributed by atoms with Crippen LogP contribution in [0.5, 0.6) is 0 Å². The predicted octanol–water partition coefficient (Wildman–Crippen LogP) is 6.21. The lowest BCUT2D eigenvalue weighted by Crippen LogP contribution is -2.31. The second-order valence-corrected chi connectivity index (χ2v) is 8.22. The maximum Gasteiger partial charge on any atom is 0.136 e. The zero-order valence-corrected chi connectivity index (χ0v) is 17.4. The molecule has 1 aliphatic rings. The van der Waals surface area contributed by atoms with Crippen molar-refractivity contribution in [2.24, 2.45) is 0 Å². The highest BCUT2D eigenvalue weighted by atomic mass is 35.5. The lowest BCUT2D eigenvalue weighted by molar-refractivity contribution is 0.703. The maximum atomic E-state index is 6.14. The van der Waals surface area contributed by atoms with Gasteiger partial charge in [-0.05, 0) is 47.9 Å². The summed E-state index contributed by atoms with van der Waals surface area (Å²) in [4.78, 5) is 11.8. The molecule has 4 nitrogen and oxygen atoms in total. The summed E-state index contributed by atoms with van der Waals surface area (Å²) in [6, 6.07) is 15.8. The molecule has 144 valence electrons. The van der Waals surface area contributed by atoms with Crippen LogP contribution in [0, 0.1) is 0 Å². The number of anilines is 3. The van der Waals surface area contributed by atoms with Crippen LogP contribution in [-0.2, 0) is 13.0 Å². The van der Waals surface area contributed by atoms with E-state index < -0.39 is 0 Å². The zero-order chi connectivity index (χ0) is 19.7. The highest BCUT2D eigenvalue weighted by Crippen LogP contribution is 2.29. The van der Waals surface area contributed by atoms with Crippen molar-refractivity contribution in [1.29, 1.82) is 0 Å². The molecule has 0 bridgehead atoms. The minimum Gasteiger partial charge on any atom is -0.352 e. The van der Waals surface area contributed by atoms with Gasteiger partial charge in [0.2, 0.25) is 0 Å². The summed E-state index contributed by atoms with van der Waals surface area (Å²) in [5.74, 6) is 2.77. The van der Waals surface area contributed by atoms with Crippen LogP contribution in [0.15, 0.2) is 48.5 Å². The van der Waals surface area contributed by atoms with Crippen molar-refractivity contribution >= 4 is 40.5 Å². The molecule has 3 aromatic rings. The molecule has 2 aromatic carbocycles. The largest absolute Gasteiger partial charge is 0.352 e. The molecule has 0 radical (unpaired) electrons. The maximum absolute atomic E-state index is 6.14. The molecule has 0 fully saturated rings. The molecule has 0 saturated heterocycles. The smallest absolute Gasteiger partial charge is 0.136 e. The van der Waals surface area contributed by atoms with Crippen molar-refractivity contribution in [3.8, 4) is 0 Å². The summed E-state index contributed by atoms with van der Waals surface area (Å²) in [5.41, 5.74) is 3.52. The monoisotopic (exact) mass is 412 g/mol. The van der Waals surface area contributed by atoms with Gasteiger partial charge in [-0.15, -0.1) is 0 Å². The molecule has 0 unspecified atom stereocenters. The first-order chi connectivity index (χ1) is 13.5. The fourth-order valence-electron chi connectivity index (χ4n) is 3.37. The molecule has 0 saturated carbocycles. The Morgan fingerprint density at radius 1 is 0.964 bits per heavy atom. The number of nitrogens with zero attached hydrogens (tertiary/aromatic N) is 3. The van der Waals surface area contributed by atoms with Gasteiger partial charge >= 0.3 is 0 Å². The molecule has 1 N–H and O–H groups in total. The van der Waals surface area contributed by atoms with Crippen molar-refractivity contribution in [2.45, 2.75) is 32.7 Å². The van der Waals surface area contributed by atoms with E-state index in [2.05, 4.69) is 36.2 Å². The quantitative estimate of drug-likeness (QED) is 0.552. The van der Waals surface area contributed by atoms with Gasteiger partial charge < -0.3 is 10.2 Å². The van der Waals surface area contributed by atoms with Gasteiger partial charge in [0.1, 0.15) is 17.5 Å². The molecule has 1 aliphatic heterocycles. The van der Waals surface area contributed by atoms with E-state index in [9.17, 15) is 0 Å². The Balaban J connectivity index is 1.65. The molecule has 0 aliphatic carbocycles. The number of fused-ring (bicyclic) bond motifs is 1.